The van der Waals surface area contributed by atoms with Gasteiger partial charge in [-0.3, -0.25) is 4.79 Å². The summed E-state index contributed by atoms with van der Waals surface area (Å²) in [6.45, 7) is 6.96. The van der Waals surface area contributed by atoms with E-state index in [-0.39, 0.29) is 29.4 Å². The zero-order chi connectivity index (χ0) is 14.4. The van der Waals surface area contributed by atoms with Crippen molar-refractivity contribution < 1.29 is 14.7 Å². The summed E-state index contributed by atoms with van der Waals surface area (Å²) in [5.74, 6) is -1.13. The lowest BCUT2D eigenvalue weighted by Gasteiger charge is -2.32. The summed E-state index contributed by atoms with van der Waals surface area (Å²) in [6.07, 6.45) is 2.40. The van der Waals surface area contributed by atoms with E-state index in [1.165, 1.54) is 0 Å². The minimum absolute atomic E-state index is 0.00817. The lowest BCUT2D eigenvalue weighted by Crippen LogP contribution is -2.47. The molecule has 2 fully saturated rings. The van der Waals surface area contributed by atoms with Gasteiger partial charge >= 0.3 is 12.0 Å². The summed E-state index contributed by atoms with van der Waals surface area (Å²) in [6, 6.07) is 0.0182. The number of carboxylic acids is 1. The van der Waals surface area contributed by atoms with Crippen LogP contribution in [0.3, 0.4) is 0 Å². The number of urea groups is 1. The molecule has 2 aliphatic heterocycles. The van der Waals surface area contributed by atoms with E-state index in [1.54, 1.807) is 11.9 Å². The highest BCUT2D eigenvalue weighted by Gasteiger charge is 2.52. The molecule has 108 valence electrons. The van der Waals surface area contributed by atoms with E-state index in [0.717, 1.165) is 12.8 Å². The van der Waals surface area contributed by atoms with Gasteiger partial charge in [0.05, 0.1) is 5.92 Å². The molecule has 0 aliphatic carbocycles. The summed E-state index contributed by atoms with van der Waals surface area (Å²) < 4.78 is 0. The van der Waals surface area contributed by atoms with Gasteiger partial charge in [0.2, 0.25) is 0 Å². The van der Waals surface area contributed by atoms with Crippen molar-refractivity contribution in [3.8, 4) is 0 Å². The third-order valence-corrected chi connectivity index (χ3v) is 4.11. The molecule has 0 spiro atoms. The monoisotopic (exact) mass is 268 g/mol. The molecule has 0 saturated carbocycles. The van der Waals surface area contributed by atoms with Crippen molar-refractivity contribution >= 4 is 12.0 Å². The van der Waals surface area contributed by atoms with E-state index in [1.807, 2.05) is 4.90 Å². The molecule has 2 heterocycles. The van der Waals surface area contributed by atoms with Crippen molar-refractivity contribution in [3.63, 3.8) is 0 Å². The molecule has 1 N–H and O–H groups in total. The Morgan fingerprint density at radius 2 is 1.95 bits per heavy atom. The molecule has 2 saturated heterocycles. The van der Waals surface area contributed by atoms with Crippen LogP contribution in [0.1, 0.15) is 40.0 Å². The molecule has 19 heavy (non-hydrogen) atoms. The quantitative estimate of drug-likeness (QED) is 0.833. The Labute approximate surface area is 114 Å². The fourth-order valence-electron chi connectivity index (χ4n) is 3.53. The van der Waals surface area contributed by atoms with Crippen LogP contribution >= 0.6 is 0 Å². The summed E-state index contributed by atoms with van der Waals surface area (Å²) in [4.78, 5) is 27.3. The Hall–Kier alpha value is -1.26. The molecular formula is C14H24N2O3. The summed E-state index contributed by atoms with van der Waals surface area (Å²) in [5.41, 5.74) is 0.0510. The summed E-state index contributed by atoms with van der Waals surface area (Å²) in [5, 5.41) is 9.21. The van der Waals surface area contributed by atoms with Crippen LogP contribution in [0.25, 0.3) is 0 Å². The van der Waals surface area contributed by atoms with Gasteiger partial charge in [-0.25, -0.2) is 4.79 Å². The SMILES string of the molecule is CN(CC(C)(C)C)C(=O)N1C2CCC1C(C(=O)O)C2. The second-order valence-corrected chi connectivity index (χ2v) is 7.09. The van der Waals surface area contributed by atoms with Crippen LogP contribution < -0.4 is 0 Å². The maximum absolute atomic E-state index is 12.5. The average Bonchev–Trinajstić information content (AvgIpc) is 2.82. The highest BCUT2D eigenvalue weighted by molar-refractivity contribution is 5.79. The van der Waals surface area contributed by atoms with Gasteiger partial charge in [0, 0.05) is 25.7 Å². The van der Waals surface area contributed by atoms with Gasteiger partial charge in [0.1, 0.15) is 0 Å². The maximum atomic E-state index is 12.5. The largest absolute Gasteiger partial charge is 0.481 e. The summed E-state index contributed by atoms with van der Waals surface area (Å²) >= 11 is 0. The predicted octanol–water partition coefficient (Wildman–Crippen LogP) is 2.02. The topological polar surface area (TPSA) is 60.9 Å². The van der Waals surface area contributed by atoms with Crippen molar-refractivity contribution in [2.75, 3.05) is 13.6 Å². The van der Waals surface area contributed by atoms with Crippen molar-refractivity contribution in [1.29, 1.82) is 0 Å². The minimum Gasteiger partial charge on any atom is -0.481 e. The molecule has 2 aliphatic rings. The summed E-state index contributed by atoms with van der Waals surface area (Å²) in [7, 11) is 1.81. The van der Waals surface area contributed by atoms with E-state index in [4.69, 9.17) is 0 Å². The number of aliphatic carboxylic acids is 1. The number of amides is 2. The average molecular weight is 268 g/mol. The van der Waals surface area contributed by atoms with Gasteiger partial charge in [-0.1, -0.05) is 20.8 Å². The Balaban J connectivity index is 2.07. The van der Waals surface area contributed by atoms with E-state index < -0.39 is 5.97 Å². The number of fused-ring (bicyclic) bond motifs is 2. The normalized spacial score (nSPS) is 29.7. The fourth-order valence-corrected chi connectivity index (χ4v) is 3.53. The second kappa shape index (κ2) is 4.69. The van der Waals surface area contributed by atoms with Crippen LogP contribution in [0.4, 0.5) is 4.79 Å². The van der Waals surface area contributed by atoms with E-state index in [0.29, 0.717) is 13.0 Å². The van der Waals surface area contributed by atoms with Crippen LogP contribution in [-0.4, -0.2) is 52.6 Å². The zero-order valence-corrected chi connectivity index (χ0v) is 12.2. The minimum atomic E-state index is -0.761. The third kappa shape index (κ3) is 2.69. The van der Waals surface area contributed by atoms with Crippen LogP contribution in [0.5, 0.6) is 0 Å². The number of rotatable bonds is 2. The Kier molecular flexibility index (Phi) is 3.49. The first-order chi connectivity index (χ1) is 8.70. The van der Waals surface area contributed by atoms with Gasteiger partial charge in [-0.15, -0.1) is 0 Å². The molecule has 0 aromatic carbocycles. The third-order valence-electron chi connectivity index (χ3n) is 4.11. The van der Waals surface area contributed by atoms with Crippen LogP contribution in [-0.2, 0) is 4.79 Å². The standard InChI is InChI=1S/C14H24N2O3/c1-14(2,3)8-15(4)13(19)16-9-5-6-11(16)10(7-9)12(17)18/h9-11H,5-8H2,1-4H3,(H,17,18). The molecule has 0 aromatic heterocycles. The van der Waals surface area contributed by atoms with E-state index >= 15 is 0 Å². The maximum Gasteiger partial charge on any atom is 0.320 e. The molecule has 0 aromatic rings. The van der Waals surface area contributed by atoms with Gasteiger partial charge in [0.15, 0.2) is 0 Å². The molecule has 2 bridgehead atoms. The second-order valence-electron chi connectivity index (χ2n) is 7.09. The molecular weight excluding hydrogens is 244 g/mol. The van der Waals surface area contributed by atoms with Crippen molar-refractivity contribution in [3.05, 3.63) is 0 Å². The van der Waals surface area contributed by atoms with Crippen LogP contribution in [0.2, 0.25) is 0 Å². The van der Waals surface area contributed by atoms with Crippen molar-refractivity contribution in [2.45, 2.75) is 52.1 Å². The van der Waals surface area contributed by atoms with Gasteiger partial charge in [-0.2, -0.15) is 0 Å². The van der Waals surface area contributed by atoms with Gasteiger partial charge < -0.3 is 14.9 Å². The molecule has 3 atom stereocenters. The number of hydrogen-bond donors (Lipinski definition) is 1. The van der Waals surface area contributed by atoms with Crippen LogP contribution in [0.15, 0.2) is 0 Å². The van der Waals surface area contributed by atoms with E-state index in [2.05, 4.69) is 20.8 Å². The molecule has 2 amide bonds. The smallest absolute Gasteiger partial charge is 0.320 e. The highest BCUT2D eigenvalue weighted by Crippen LogP contribution is 2.42. The van der Waals surface area contributed by atoms with Crippen LogP contribution in [0, 0.1) is 11.3 Å². The first kappa shape index (κ1) is 14.2. The number of nitrogens with zero attached hydrogens (tertiary/aromatic N) is 2. The lowest BCUT2D eigenvalue weighted by atomic mass is 9.89. The Morgan fingerprint density at radius 1 is 1.32 bits per heavy atom. The number of carbonyl (C=O) groups is 2. The predicted molar refractivity (Wildman–Crippen MR) is 71.9 cm³/mol. The molecule has 2 rings (SSSR count). The van der Waals surface area contributed by atoms with Crippen molar-refractivity contribution in [1.82, 2.24) is 9.80 Å². The molecule has 0 radical (unpaired) electrons. The lowest BCUT2D eigenvalue weighted by molar-refractivity contribution is -0.142. The number of carboxylic acid groups (broad SMARTS) is 1. The Bertz CT molecular complexity index is 389. The van der Waals surface area contributed by atoms with Gasteiger partial charge in [-0.05, 0) is 24.7 Å². The van der Waals surface area contributed by atoms with Gasteiger partial charge in [0.25, 0.3) is 0 Å². The first-order valence-corrected chi connectivity index (χ1v) is 6.97. The highest BCUT2D eigenvalue weighted by atomic mass is 16.4. The molecule has 5 nitrogen and oxygen atoms in total. The molecule has 5 heteroatoms. The van der Waals surface area contributed by atoms with Crippen molar-refractivity contribution in [2.24, 2.45) is 11.3 Å². The molecule has 3 unspecified atom stereocenters. The zero-order valence-electron chi connectivity index (χ0n) is 12.2. The number of hydrogen-bond acceptors (Lipinski definition) is 2. The Morgan fingerprint density at radius 3 is 2.42 bits per heavy atom. The number of carbonyl (C=O) groups excluding carboxylic acids is 1. The van der Waals surface area contributed by atoms with E-state index in [9.17, 15) is 14.7 Å². The fraction of sp³-hybridized carbons (Fsp3) is 0.857. The first-order valence-electron chi connectivity index (χ1n) is 6.97.